The highest BCUT2D eigenvalue weighted by Gasteiger charge is 2.14. The fraction of sp³-hybridized carbons (Fsp3) is 0.333. The second-order valence-corrected chi connectivity index (χ2v) is 12.2. The lowest BCUT2D eigenvalue weighted by Crippen LogP contribution is -1.96. The summed E-state index contributed by atoms with van der Waals surface area (Å²) in [5.74, 6) is 13.0. The Morgan fingerprint density at radius 2 is 1.02 bits per heavy atom. The van der Waals surface area contributed by atoms with E-state index in [1.54, 1.807) is 22.7 Å². The molecule has 0 unspecified atom stereocenters. The van der Waals surface area contributed by atoms with Crippen molar-refractivity contribution in [2.45, 2.75) is 80.1 Å². The van der Waals surface area contributed by atoms with E-state index >= 15 is 0 Å². The highest BCUT2D eigenvalue weighted by Crippen LogP contribution is 2.30. The van der Waals surface area contributed by atoms with Crippen molar-refractivity contribution in [1.82, 2.24) is 9.97 Å². The quantitative estimate of drug-likeness (QED) is 0.0843. The van der Waals surface area contributed by atoms with Crippen LogP contribution in [0.2, 0.25) is 0 Å². The Hall–Kier alpha value is -3.84. The van der Waals surface area contributed by atoms with Crippen LogP contribution >= 0.6 is 22.7 Å². The first-order chi connectivity index (χ1) is 20.4. The molecular formula is C36H38N4S2. The number of benzene rings is 2. The number of unbranched alkanes of at least 4 members (excludes halogenated alkanes) is 4. The summed E-state index contributed by atoms with van der Waals surface area (Å²) in [4.78, 5) is 11.7. The molecule has 4 aromatic rings. The Bertz CT molecular complexity index is 1550. The highest BCUT2D eigenvalue weighted by atomic mass is 32.1. The zero-order valence-electron chi connectivity index (χ0n) is 25.5. The number of aryl methyl sites for hydroxylation is 2. The molecule has 0 aliphatic rings. The lowest BCUT2D eigenvalue weighted by atomic mass is 10.1. The van der Waals surface area contributed by atoms with Crippen LogP contribution in [0.25, 0.3) is 21.1 Å². The molecule has 4 nitrogen and oxygen atoms in total. The largest absolute Gasteiger partial charge is 0.241 e. The van der Waals surface area contributed by atoms with Gasteiger partial charge in [0.2, 0.25) is 0 Å². The van der Waals surface area contributed by atoms with E-state index < -0.39 is 0 Å². The number of rotatable bonds is 9. The van der Waals surface area contributed by atoms with E-state index in [0.717, 1.165) is 90.5 Å². The normalized spacial score (nSPS) is 11.6. The van der Waals surface area contributed by atoms with Crippen molar-refractivity contribution in [3.8, 4) is 44.8 Å². The fourth-order valence-corrected chi connectivity index (χ4v) is 6.23. The molecule has 0 N–H and O–H groups in total. The maximum atomic E-state index is 4.82. The average Bonchev–Trinajstić information content (AvgIpc) is 3.59. The molecule has 2 aromatic heterocycles. The molecule has 0 atom stereocenters. The number of nitrogens with zero attached hydrogens (tertiary/aromatic N) is 4. The monoisotopic (exact) mass is 590 g/mol. The van der Waals surface area contributed by atoms with Gasteiger partial charge in [-0.25, -0.2) is 9.97 Å². The molecule has 0 saturated heterocycles. The second kappa shape index (κ2) is 15.4. The van der Waals surface area contributed by atoms with Gasteiger partial charge in [-0.05, 0) is 64.8 Å². The second-order valence-electron chi connectivity index (χ2n) is 10.2. The molecule has 42 heavy (non-hydrogen) atoms. The number of hydrogen-bond donors (Lipinski definition) is 0. The minimum atomic E-state index is 0.854. The maximum absolute atomic E-state index is 4.82. The van der Waals surface area contributed by atoms with E-state index in [0.29, 0.717) is 0 Å². The minimum Gasteiger partial charge on any atom is -0.241 e. The molecule has 4 rings (SSSR count). The molecule has 0 fully saturated rings. The zero-order chi connectivity index (χ0) is 29.9. The van der Waals surface area contributed by atoms with Gasteiger partial charge in [0.25, 0.3) is 0 Å². The summed E-state index contributed by atoms with van der Waals surface area (Å²) in [7, 11) is 0. The lowest BCUT2D eigenvalue weighted by Gasteiger charge is -1.98. The standard InChI is InChI=1S/C36H38N4S2/c1-7-9-11-13-15-29-17-21-31(22-18-29)35-37-25(3)33(41-35)27(5)39-40-28(6)34-26(4)38-36(42-34)32-23-19-30(20-24-32)16-14-12-10-8-2/h17-24H,7-12H2,1-6H3. The van der Waals surface area contributed by atoms with Gasteiger partial charge < -0.3 is 0 Å². The molecule has 0 saturated carbocycles. The first-order valence-corrected chi connectivity index (χ1v) is 16.3. The van der Waals surface area contributed by atoms with Crippen molar-refractivity contribution >= 4 is 34.1 Å². The van der Waals surface area contributed by atoms with Gasteiger partial charge in [-0.3, -0.25) is 0 Å². The van der Waals surface area contributed by atoms with Crippen molar-refractivity contribution < 1.29 is 0 Å². The van der Waals surface area contributed by atoms with Crippen LogP contribution in [0.1, 0.15) is 98.5 Å². The Morgan fingerprint density at radius 1 is 0.643 bits per heavy atom. The smallest absolute Gasteiger partial charge is 0.124 e. The van der Waals surface area contributed by atoms with Crippen LogP contribution in [0.15, 0.2) is 58.7 Å². The average molecular weight is 591 g/mol. The summed E-state index contributed by atoms with van der Waals surface area (Å²) in [6, 6.07) is 16.7. The molecule has 0 radical (unpaired) electrons. The molecule has 0 aliphatic carbocycles. The third-order valence-corrected chi connectivity index (χ3v) is 9.27. The third kappa shape index (κ3) is 8.35. The van der Waals surface area contributed by atoms with Crippen LogP contribution < -0.4 is 0 Å². The van der Waals surface area contributed by atoms with Crippen LogP contribution in [0.3, 0.4) is 0 Å². The van der Waals surface area contributed by atoms with Gasteiger partial charge in [0.15, 0.2) is 0 Å². The van der Waals surface area contributed by atoms with E-state index in [9.17, 15) is 0 Å². The summed E-state index contributed by atoms with van der Waals surface area (Å²) in [6.45, 7) is 12.4. The Kier molecular flexibility index (Phi) is 11.4. The Balaban J connectivity index is 1.47. The minimum absolute atomic E-state index is 0.854. The molecule has 2 aromatic carbocycles. The predicted octanol–water partition coefficient (Wildman–Crippen LogP) is 9.87. The molecule has 0 aliphatic heterocycles. The van der Waals surface area contributed by atoms with Crippen molar-refractivity contribution in [3.63, 3.8) is 0 Å². The molecule has 0 amide bonds. The highest BCUT2D eigenvalue weighted by molar-refractivity contribution is 7.17. The van der Waals surface area contributed by atoms with Crippen molar-refractivity contribution in [1.29, 1.82) is 0 Å². The first-order valence-electron chi connectivity index (χ1n) is 14.6. The topological polar surface area (TPSA) is 50.5 Å². The van der Waals surface area contributed by atoms with Gasteiger partial charge >= 0.3 is 0 Å². The van der Waals surface area contributed by atoms with Crippen molar-refractivity contribution in [2.75, 3.05) is 0 Å². The van der Waals surface area contributed by atoms with Gasteiger partial charge in [-0.2, -0.15) is 10.2 Å². The van der Waals surface area contributed by atoms with E-state index in [4.69, 9.17) is 9.97 Å². The van der Waals surface area contributed by atoms with Gasteiger partial charge in [-0.15, -0.1) is 22.7 Å². The van der Waals surface area contributed by atoms with E-state index in [-0.39, 0.29) is 0 Å². The van der Waals surface area contributed by atoms with Gasteiger partial charge in [-0.1, -0.05) is 74.6 Å². The fourth-order valence-electron chi connectivity index (χ4n) is 4.20. The summed E-state index contributed by atoms with van der Waals surface area (Å²) in [5.41, 5.74) is 7.88. The van der Waals surface area contributed by atoms with Crippen LogP contribution in [-0.2, 0) is 0 Å². The molecule has 2 heterocycles. The molecule has 6 heteroatoms. The molecule has 0 bridgehead atoms. The van der Waals surface area contributed by atoms with Crippen LogP contribution in [-0.4, -0.2) is 21.4 Å². The number of aromatic nitrogens is 2. The maximum Gasteiger partial charge on any atom is 0.124 e. The summed E-state index contributed by atoms with van der Waals surface area (Å²) in [6.07, 6.45) is 6.52. The first kappa shape index (κ1) is 31.1. The van der Waals surface area contributed by atoms with E-state index in [1.165, 1.54) is 12.8 Å². The summed E-state index contributed by atoms with van der Waals surface area (Å²) < 4.78 is 0. The molecule has 0 spiro atoms. The Labute approximate surface area is 259 Å². The number of thiazole rings is 2. The van der Waals surface area contributed by atoms with Gasteiger partial charge in [0.05, 0.1) is 32.6 Å². The SMILES string of the molecule is CCCCC#Cc1ccc(-c2nc(C)c(C(C)=NN=C(C)c3sc(-c4ccc(C#CCCCC)cc4)nc3C)s2)cc1. The van der Waals surface area contributed by atoms with Crippen molar-refractivity contribution in [2.24, 2.45) is 10.2 Å². The van der Waals surface area contributed by atoms with E-state index in [1.807, 2.05) is 27.7 Å². The zero-order valence-corrected chi connectivity index (χ0v) is 27.1. The van der Waals surface area contributed by atoms with Crippen LogP contribution in [0.4, 0.5) is 0 Å². The van der Waals surface area contributed by atoms with Gasteiger partial charge in [0, 0.05) is 35.1 Å². The number of hydrogen-bond acceptors (Lipinski definition) is 6. The molecular weight excluding hydrogens is 553 g/mol. The van der Waals surface area contributed by atoms with Crippen LogP contribution in [0, 0.1) is 37.5 Å². The molecule has 214 valence electrons. The van der Waals surface area contributed by atoms with Crippen molar-refractivity contribution in [3.05, 3.63) is 80.8 Å². The van der Waals surface area contributed by atoms with Crippen LogP contribution in [0.5, 0.6) is 0 Å². The lowest BCUT2D eigenvalue weighted by molar-refractivity contribution is 0.828. The third-order valence-electron chi connectivity index (χ3n) is 6.64. The van der Waals surface area contributed by atoms with Gasteiger partial charge in [0.1, 0.15) is 10.0 Å². The Morgan fingerprint density at radius 3 is 1.38 bits per heavy atom. The van der Waals surface area contributed by atoms with E-state index in [2.05, 4.69) is 96.3 Å². The summed E-state index contributed by atoms with van der Waals surface area (Å²) in [5, 5.41) is 11.1. The summed E-state index contributed by atoms with van der Waals surface area (Å²) >= 11 is 3.29. The predicted molar refractivity (Wildman–Crippen MR) is 182 cm³/mol.